The van der Waals surface area contributed by atoms with Gasteiger partial charge in [-0.2, -0.15) is 11.8 Å². The van der Waals surface area contributed by atoms with Crippen LogP contribution >= 0.6 is 11.8 Å². The van der Waals surface area contributed by atoms with Gasteiger partial charge in [-0.3, -0.25) is 9.78 Å². The standard InChI is InChI=1S/C8H10N2O2S2/c1-13-8(2-3-8)5-4-6(11)10-7(9-5)14-12/h4,9H,2-3H2,1H3,(H,10,11). The first-order chi connectivity index (χ1) is 6.70. The van der Waals surface area contributed by atoms with Crippen LogP contribution in [0.15, 0.2) is 10.9 Å². The van der Waals surface area contributed by atoms with Crippen LogP contribution in [0, 0.1) is 4.77 Å². The van der Waals surface area contributed by atoms with Gasteiger partial charge in [0.2, 0.25) is 4.77 Å². The second-order valence-electron chi connectivity index (χ2n) is 3.28. The van der Waals surface area contributed by atoms with E-state index in [0.29, 0.717) is 0 Å². The minimum absolute atomic E-state index is 0.0543. The van der Waals surface area contributed by atoms with Gasteiger partial charge in [-0.05, 0) is 19.1 Å². The molecular formula is C8H10N2O2S2. The van der Waals surface area contributed by atoms with Crippen molar-refractivity contribution in [3.8, 4) is 0 Å². The normalized spacial score (nSPS) is 17.8. The Balaban J connectivity index is 2.60. The third-order valence-corrected chi connectivity index (χ3v) is 4.21. The first kappa shape index (κ1) is 9.79. The molecular weight excluding hydrogens is 220 g/mol. The summed E-state index contributed by atoms with van der Waals surface area (Å²) in [4.78, 5) is 16.6. The largest absolute Gasteiger partial charge is 0.333 e. The molecule has 76 valence electrons. The molecule has 0 aliphatic heterocycles. The number of nitrogens with one attached hydrogen (secondary N) is 2. The van der Waals surface area contributed by atoms with Gasteiger partial charge >= 0.3 is 0 Å². The number of aromatic amines is 2. The SMILES string of the molecule is CSC1(c2cc(=O)[nH]c(=S=O)[nH]2)CC1. The summed E-state index contributed by atoms with van der Waals surface area (Å²) >= 11 is 2.00. The fourth-order valence-corrected chi connectivity index (χ4v) is 2.59. The van der Waals surface area contributed by atoms with Gasteiger partial charge in [0.05, 0.1) is 4.75 Å². The van der Waals surface area contributed by atoms with E-state index in [1.165, 1.54) is 0 Å². The summed E-state index contributed by atoms with van der Waals surface area (Å²) in [6.07, 6.45) is 4.15. The molecule has 0 spiro atoms. The van der Waals surface area contributed by atoms with Crippen LogP contribution in [-0.4, -0.2) is 20.4 Å². The van der Waals surface area contributed by atoms with Crippen molar-refractivity contribution in [3.05, 3.63) is 26.9 Å². The van der Waals surface area contributed by atoms with Gasteiger partial charge in [0.1, 0.15) is 11.3 Å². The molecule has 0 aromatic carbocycles. The fourth-order valence-electron chi connectivity index (χ4n) is 1.45. The van der Waals surface area contributed by atoms with E-state index in [4.69, 9.17) is 0 Å². The maximum atomic E-state index is 11.2. The molecule has 1 saturated carbocycles. The van der Waals surface area contributed by atoms with Crippen LogP contribution in [0.1, 0.15) is 18.5 Å². The van der Waals surface area contributed by atoms with Crippen LogP contribution in [0.3, 0.4) is 0 Å². The average Bonchev–Trinajstić information content (AvgIpc) is 2.97. The Morgan fingerprint density at radius 3 is 2.64 bits per heavy atom. The monoisotopic (exact) mass is 230 g/mol. The molecule has 4 nitrogen and oxygen atoms in total. The predicted octanol–water partition coefficient (Wildman–Crippen LogP) is 0.800. The molecule has 0 bridgehead atoms. The van der Waals surface area contributed by atoms with Crippen LogP contribution in [0.5, 0.6) is 0 Å². The Labute approximate surface area is 88.2 Å². The number of thioether (sulfide) groups is 1. The van der Waals surface area contributed by atoms with E-state index in [-0.39, 0.29) is 26.3 Å². The van der Waals surface area contributed by atoms with Gasteiger partial charge in [-0.1, -0.05) is 0 Å². The fraction of sp³-hybridized carbons (Fsp3) is 0.500. The number of hydrogen-bond donors (Lipinski definition) is 2. The smallest absolute Gasteiger partial charge is 0.251 e. The summed E-state index contributed by atoms with van der Waals surface area (Å²) in [5.41, 5.74) is 0.657. The van der Waals surface area contributed by atoms with Gasteiger partial charge in [0.25, 0.3) is 5.56 Å². The molecule has 1 aliphatic rings. The molecule has 1 aromatic rings. The molecule has 1 aromatic heterocycles. The molecule has 14 heavy (non-hydrogen) atoms. The highest BCUT2D eigenvalue weighted by Gasteiger charge is 2.44. The lowest BCUT2D eigenvalue weighted by Gasteiger charge is -2.10. The highest BCUT2D eigenvalue weighted by molar-refractivity contribution is 7.99. The molecule has 0 atom stereocenters. The van der Waals surface area contributed by atoms with Crippen LogP contribution in [-0.2, 0) is 16.0 Å². The zero-order chi connectivity index (χ0) is 10.2. The van der Waals surface area contributed by atoms with Crippen molar-refractivity contribution in [3.63, 3.8) is 0 Å². The Morgan fingerprint density at radius 2 is 2.14 bits per heavy atom. The van der Waals surface area contributed by atoms with Gasteiger partial charge in [0.15, 0.2) is 0 Å². The Morgan fingerprint density at radius 1 is 1.43 bits per heavy atom. The number of rotatable bonds is 2. The van der Waals surface area contributed by atoms with Gasteiger partial charge in [-0.25, -0.2) is 4.21 Å². The molecule has 1 heterocycles. The lowest BCUT2D eigenvalue weighted by molar-refractivity contribution is 0.698. The Bertz CT molecular complexity index is 495. The summed E-state index contributed by atoms with van der Waals surface area (Å²) in [6.45, 7) is 0. The van der Waals surface area contributed by atoms with Crippen molar-refractivity contribution < 1.29 is 4.21 Å². The summed E-state index contributed by atoms with van der Waals surface area (Å²) < 4.78 is 10.9. The van der Waals surface area contributed by atoms with E-state index in [2.05, 4.69) is 9.97 Å². The number of H-pyrrole nitrogens is 2. The van der Waals surface area contributed by atoms with Gasteiger partial charge < -0.3 is 4.98 Å². The van der Waals surface area contributed by atoms with Crippen LogP contribution in [0.4, 0.5) is 0 Å². The quantitative estimate of drug-likeness (QED) is 0.739. The predicted molar refractivity (Wildman–Crippen MR) is 57.2 cm³/mol. The molecule has 0 saturated heterocycles. The maximum Gasteiger partial charge on any atom is 0.251 e. The topological polar surface area (TPSA) is 65.7 Å². The zero-order valence-corrected chi connectivity index (χ0v) is 9.26. The Kier molecular flexibility index (Phi) is 2.40. The van der Waals surface area contributed by atoms with Crippen molar-refractivity contribution in [2.75, 3.05) is 6.26 Å². The van der Waals surface area contributed by atoms with E-state index in [1.54, 1.807) is 17.8 Å². The van der Waals surface area contributed by atoms with E-state index in [1.807, 2.05) is 6.26 Å². The van der Waals surface area contributed by atoms with E-state index < -0.39 is 0 Å². The second-order valence-corrected chi connectivity index (χ2v) is 5.05. The van der Waals surface area contributed by atoms with Gasteiger partial charge in [-0.15, -0.1) is 0 Å². The summed E-state index contributed by atoms with van der Waals surface area (Å²) in [5.74, 6) is 0. The van der Waals surface area contributed by atoms with Crippen molar-refractivity contribution in [2.24, 2.45) is 0 Å². The lowest BCUT2D eigenvalue weighted by Crippen LogP contribution is -2.13. The van der Waals surface area contributed by atoms with Crippen LogP contribution in [0.2, 0.25) is 0 Å². The van der Waals surface area contributed by atoms with E-state index in [0.717, 1.165) is 18.5 Å². The van der Waals surface area contributed by atoms with Crippen LogP contribution < -0.4 is 5.56 Å². The first-order valence-electron chi connectivity index (χ1n) is 4.22. The van der Waals surface area contributed by atoms with E-state index >= 15 is 0 Å². The van der Waals surface area contributed by atoms with Gasteiger partial charge in [0, 0.05) is 11.8 Å². The highest BCUT2D eigenvalue weighted by atomic mass is 32.2. The molecule has 6 heteroatoms. The lowest BCUT2D eigenvalue weighted by atomic mass is 10.3. The molecule has 0 radical (unpaired) electrons. The average molecular weight is 230 g/mol. The number of aromatic nitrogens is 2. The van der Waals surface area contributed by atoms with Crippen molar-refractivity contribution >= 4 is 23.0 Å². The molecule has 0 unspecified atom stereocenters. The summed E-state index contributed by atoms with van der Waals surface area (Å²) in [6, 6.07) is 1.54. The van der Waals surface area contributed by atoms with E-state index in [9.17, 15) is 9.00 Å². The third kappa shape index (κ3) is 1.59. The molecule has 1 fully saturated rings. The second kappa shape index (κ2) is 3.43. The highest BCUT2D eigenvalue weighted by Crippen LogP contribution is 2.54. The molecule has 2 rings (SSSR count). The minimum Gasteiger partial charge on any atom is -0.333 e. The van der Waals surface area contributed by atoms with Crippen molar-refractivity contribution in [2.45, 2.75) is 17.6 Å². The molecule has 1 aliphatic carbocycles. The Hall–Kier alpha value is -0.750. The zero-order valence-electron chi connectivity index (χ0n) is 7.62. The van der Waals surface area contributed by atoms with Crippen molar-refractivity contribution in [1.82, 2.24) is 9.97 Å². The molecule has 2 N–H and O–H groups in total. The maximum absolute atomic E-state index is 11.2. The van der Waals surface area contributed by atoms with Crippen LogP contribution in [0.25, 0.3) is 0 Å². The number of hydrogen-bond acceptors (Lipinski definition) is 3. The molecule has 0 amide bonds. The third-order valence-electron chi connectivity index (χ3n) is 2.43. The summed E-state index contributed by atoms with van der Waals surface area (Å²) in [7, 11) is 0. The first-order valence-corrected chi connectivity index (χ1v) is 6.19. The minimum atomic E-state index is -0.211. The summed E-state index contributed by atoms with van der Waals surface area (Å²) in [5, 5.41) is 0. The van der Waals surface area contributed by atoms with Crippen molar-refractivity contribution in [1.29, 1.82) is 0 Å².